The summed E-state index contributed by atoms with van der Waals surface area (Å²) in [5.74, 6) is -1.31. The van der Waals surface area contributed by atoms with Crippen LogP contribution < -0.4 is 15.5 Å². The van der Waals surface area contributed by atoms with Crippen molar-refractivity contribution >= 4 is 58.0 Å². The molecule has 3 aromatic carbocycles. The molecule has 0 spiro atoms. The van der Waals surface area contributed by atoms with Gasteiger partial charge in [0.15, 0.2) is 0 Å². The maximum Gasteiger partial charge on any atom is 0.283 e. The van der Waals surface area contributed by atoms with Crippen LogP contribution in [0, 0.1) is 6.92 Å². The molecule has 3 aromatic rings. The van der Waals surface area contributed by atoms with E-state index >= 15 is 0 Å². The Hall–Kier alpha value is -3.61. The minimum Gasteiger partial charge on any atom is -0.350 e. The molecule has 0 radical (unpaired) electrons. The van der Waals surface area contributed by atoms with Gasteiger partial charge in [-0.2, -0.15) is 0 Å². The quantitative estimate of drug-likeness (QED) is 0.375. The van der Waals surface area contributed by atoms with Crippen molar-refractivity contribution in [2.24, 2.45) is 0 Å². The van der Waals surface area contributed by atoms with E-state index in [0.717, 1.165) is 16.2 Å². The molecule has 4 rings (SSSR count). The number of anilines is 3. The van der Waals surface area contributed by atoms with E-state index in [9.17, 15) is 14.4 Å². The second kappa shape index (κ2) is 9.94. The molecule has 3 amide bonds. The van der Waals surface area contributed by atoms with Gasteiger partial charge in [0, 0.05) is 22.0 Å². The van der Waals surface area contributed by atoms with E-state index < -0.39 is 11.8 Å². The number of amides is 3. The van der Waals surface area contributed by atoms with E-state index in [1.165, 1.54) is 0 Å². The average Bonchev–Trinajstić information content (AvgIpc) is 3.04. The number of benzene rings is 3. The highest BCUT2D eigenvalue weighted by atomic mass is 35.5. The molecule has 1 aliphatic rings. The van der Waals surface area contributed by atoms with Crippen LogP contribution in [-0.4, -0.2) is 17.7 Å². The number of carbonyl (C=O) groups excluding carboxylic acids is 3. The summed E-state index contributed by atoms with van der Waals surface area (Å²) in [5.41, 5.74) is 3.57. The van der Waals surface area contributed by atoms with Gasteiger partial charge in [0.25, 0.3) is 17.7 Å². The molecule has 1 heterocycles. The van der Waals surface area contributed by atoms with Crippen molar-refractivity contribution in [3.05, 3.63) is 99.2 Å². The zero-order chi connectivity index (χ0) is 25.3. The van der Waals surface area contributed by atoms with Crippen molar-refractivity contribution in [1.29, 1.82) is 0 Å². The Labute approximate surface area is 213 Å². The predicted molar refractivity (Wildman–Crippen MR) is 140 cm³/mol. The lowest BCUT2D eigenvalue weighted by molar-refractivity contribution is -0.120. The molecule has 0 atom stereocenters. The average molecular weight is 508 g/mol. The molecule has 2 N–H and O–H groups in total. The van der Waals surface area contributed by atoms with E-state index in [1.54, 1.807) is 49.4 Å². The smallest absolute Gasteiger partial charge is 0.283 e. The minimum atomic E-state index is -0.649. The highest BCUT2D eigenvalue weighted by molar-refractivity contribution is 6.53. The molecule has 0 unspecified atom stereocenters. The van der Waals surface area contributed by atoms with E-state index in [-0.39, 0.29) is 22.6 Å². The van der Waals surface area contributed by atoms with Crippen LogP contribution >= 0.6 is 23.2 Å². The van der Waals surface area contributed by atoms with Gasteiger partial charge in [-0.25, -0.2) is 4.90 Å². The first-order chi connectivity index (χ1) is 16.7. The Bertz CT molecular complexity index is 1380. The molecule has 0 saturated carbocycles. The van der Waals surface area contributed by atoms with Gasteiger partial charge in [-0.3, -0.25) is 14.4 Å². The molecule has 0 saturated heterocycles. The fraction of sp³-hybridized carbons (Fsp3) is 0.148. The predicted octanol–water partition coefficient (Wildman–Crippen LogP) is 6.46. The summed E-state index contributed by atoms with van der Waals surface area (Å²) in [5, 5.41) is 6.01. The van der Waals surface area contributed by atoms with Crippen LogP contribution in [0.2, 0.25) is 5.02 Å². The van der Waals surface area contributed by atoms with Crippen LogP contribution in [0.25, 0.3) is 0 Å². The fourth-order valence-corrected chi connectivity index (χ4v) is 4.22. The number of imide groups is 1. The van der Waals surface area contributed by atoms with Gasteiger partial charge in [-0.05, 0) is 60.4 Å². The first-order valence-electron chi connectivity index (χ1n) is 11.0. The SMILES string of the molecule is Cc1ccc(Cl)cc1N1C(=O)C(Cl)=C(Nc2cccc(C(=O)Nc3ccccc3C(C)C)c2)C1=O. The second-order valence-corrected chi connectivity index (χ2v) is 9.28. The lowest BCUT2D eigenvalue weighted by Gasteiger charge is -2.18. The van der Waals surface area contributed by atoms with Crippen molar-refractivity contribution in [1.82, 2.24) is 0 Å². The third-order valence-corrected chi connectivity index (χ3v) is 6.25. The minimum absolute atomic E-state index is 0.0706. The number of halogens is 2. The summed E-state index contributed by atoms with van der Waals surface area (Å²) < 4.78 is 0. The Morgan fingerprint density at radius 1 is 0.914 bits per heavy atom. The van der Waals surface area contributed by atoms with Gasteiger partial charge < -0.3 is 10.6 Å². The van der Waals surface area contributed by atoms with Gasteiger partial charge in [0.05, 0.1) is 5.69 Å². The van der Waals surface area contributed by atoms with Crippen molar-refractivity contribution < 1.29 is 14.4 Å². The molecule has 0 bridgehead atoms. The topological polar surface area (TPSA) is 78.5 Å². The van der Waals surface area contributed by atoms with Crippen LogP contribution in [0.1, 0.15) is 41.3 Å². The summed E-state index contributed by atoms with van der Waals surface area (Å²) in [6.07, 6.45) is 0. The first-order valence-corrected chi connectivity index (χ1v) is 11.7. The van der Waals surface area contributed by atoms with Crippen LogP contribution in [0.4, 0.5) is 17.1 Å². The molecular formula is C27H23Cl2N3O3. The number of nitrogens with zero attached hydrogens (tertiary/aromatic N) is 1. The number of hydrogen-bond acceptors (Lipinski definition) is 4. The van der Waals surface area contributed by atoms with Crippen LogP contribution in [0.15, 0.2) is 77.5 Å². The highest BCUT2D eigenvalue weighted by Gasteiger charge is 2.39. The highest BCUT2D eigenvalue weighted by Crippen LogP contribution is 2.33. The van der Waals surface area contributed by atoms with Crippen molar-refractivity contribution in [3.8, 4) is 0 Å². The third-order valence-electron chi connectivity index (χ3n) is 5.66. The van der Waals surface area contributed by atoms with E-state index in [2.05, 4.69) is 24.5 Å². The summed E-state index contributed by atoms with van der Waals surface area (Å²) in [6, 6.07) is 19.2. The summed E-state index contributed by atoms with van der Waals surface area (Å²) in [7, 11) is 0. The van der Waals surface area contributed by atoms with Gasteiger partial charge in [0.1, 0.15) is 10.7 Å². The Kier molecular flexibility index (Phi) is 6.96. The molecule has 0 fully saturated rings. The normalized spacial score (nSPS) is 13.6. The van der Waals surface area contributed by atoms with Gasteiger partial charge in [-0.1, -0.05) is 67.4 Å². The van der Waals surface area contributed by atoms with Crippen molar-refractivity contribution in [3.63, 3.8) is 0 Å². The Morgan fingerprint density at radius 2 is 1.66 bits per heavy atom. The van der Waals surface area contributed by atoms with Gasteiger partial charge in [-0.15, -0.1) is 0 Å². The van der Waals surface area contributed by atoms with Crippen LogP contribution in [-0.2, 0) is 9.59 Å². The van der Waals surface area contributed by atoms with Crippen LogP contribution in [0.5, 0.6) is 0 Å². The molecule has 178 valence electrons. The molecule has 0 aliphatic carbocycles. The molecule has 1 aliphatic heterocycles. The monoisotopic (exact) mass is 507 g/mol. The van der Waals surface area contributed by atoms with Crippen molar-refractivity contribution in [2.45, 2.75) is 26.7 Å². The number of hydrogen-bond donors (Lipinski definition) is 2. The van der Waals surface area contributed by atoms with E-state index in [4.69, 9.17) is 23.2 Å². The number of nitrogens with one attached hydrogen (secondary N) is 2. The fourth-order valence-electron chi connectivity index (χ4n) is 3.84. The molecule has 8 heteroatoms. The van der Waals surface area contributed by atoms with Crippen LogP contribution in [0.3, 0.4) is 0 Å². The number of aryl methyl sites for hydroxylation is 1. The molecule has 0 aromatic heterocycles. The standard InChI is InChI=1S/C27H23Cl2N3O3/c1-15(2)20-9-4-5-10-21(20)31-25(33)17-7-6-8-19(13-17)30-24-23(29)26(34)32(27(24)35)22-14-18(28)12-11-16(22)3/h4-15,30H,1-3H3,(H,31,33). The zero-order valence-electron chi connectivity index (χ0n) is 19.4. The van der Waals surface area contributed by atoms with Gasteiger partial charge >= 0.3 is 0 Å². The van der Waals surface area contributed by atoms with Gasteiger partial charge in [0.2, 0.25) is 0 Å². The summed E-state index contributed by atoms with van der Waals surface area (Å²) in [6.45, 7) is 5.88. The largest absolute Gasteiger partial charge is 0.350 e. The third kappa shape index (κ3) is 4.94. The number of para-hydroxylation sites is 1. The Morgan fingerprint density at radius 3 is 2.40 bits per heavy atom. The lowest BCUT2D eigenvalue weighted by Crippen LogP contribution is -2.32. The van der Waals surface area contributed by atoms with E-state index in [0.29, 0.717) is 27.5 Å². The lowest BCUT2D eigenvalue weighted by atomic mass is 10.0. The van der Waals surface area contributed by atoms with E-state index in [1.807, 2.05) is 24.3 Å². The molecular weight excluding hydrogens is 485 g/mol. The summed E-state index contributed by atoms with van der Waals surface area (Å²) in [4.78, 5) is 39.9. The summed E-state index contributed by atoms with van der Waals surface area (Å²) >= 11 is 12.3. The number of carbonyl (C=O) groups is 3. The second-order valence-electron chi connectivity index (χ2n) is 8.47. The maximum absolute atomic E-state index is 13.1. The molecule has 35 heavy (non-hydrogen) atoms. The number of rotatable bonds is 6. The first kappa shape index (κ1) is 24.5. The maximum atomic E-state index is 13.1. The zero-order valence-corrected chi connectivity index (χ0v) is 20.9. The molecule has 6 nitrogen and oxygen atoms in total. The Balaban J connectivity index is 1.57. The van der Waals surface area contributed by atoms with Crippen molar-refractivity contribution in [2.75, 3.05) is 15.5 Å².